The van der Waals surface area contributed by atoms with Gasteiger partial charge in [-0.15, -0.1) is 0 Å². The lowest BCUT2D eigenvalue weighted by Gasteiger charge is -2.34. The molecular weight excluding hydrogens is 343 g/mol. The Kier molecular flexibility index (Phi) is 5.50. The molecule has 0 spiro atoms. The first-order valence-corrected chi connectivity index (χ1v) is 8.51. The van der Waals surface area contributed by atoms with Crippen LogP contribution in [0.5, 0.6) is 0 Å². The van der Waals surface area contributed by atoms with Crippen LogP contribution in [-0.2, 0) is 18.4 Å². The third-order valence-electron chi connectivity index (χ3n) is 4.24. The highest BCUT2D eigenvalue weighted by molar-refractivity contribution is 6.31. The molecule has 25 heavy (non-hydrogen) atoms. The molecule has 132 valence electrons. The highest BCUT2D eigenvalue weighted by Gasteiger charge is 2.20. The molecule has 0 saturated carbocycles. The molecule has 0 bridgehead atoms. The van der Waals surface area contributed by atoms with Gasteiger partial charge >= 0.3 is 0 Å². The Balaban J connectivity index is 1.51. The number of rotatable bonds is 4. The summed E-state index contributed by atoms with van der Waals surface area (Å²) in [5.74, 6) is -0.326. The van der Waals surface area contributed by atoms with E-state index in [0.29, 0.717) is 24.7 Å². The van der Waals surface area contributed by atoms with Crippen molar-refractivity contribution in [3.8, 4) is 0 Å². The number of hydrogen-bond donors (Lipinski definition) is 0. The number of amides is 1. The van der Waals surface area contributed by atoms with E-state index in [-0.39, 0.29) is 11.7 Å². The summed E-state index contributed by atoms with van der Waals surface area (Å²) in [4.78, 5) is 16.3. The van der Waals surface area contributed by atoms with Crippen LogP contribution in [0.1, 0.15) is 11.1 Å². The number of aromatic nitrogens is 2. The maximum absolute atomic E-state index is 13.1. The summed E-state index contributed by atoms with van der Waals surface area (Å²) in [5.41, 5.74) is 1.81. The normalized spacial score (nSPS) is 15.9. The van der Waals surface area contributed by atoms with E-state index in [0.717, 1.165) is 24.2 Å². The first-order valence-electron chi connectivity index (χ1n) is 8.13. The molecule has 3 rings (SSSR count). The molecule has 1 amide bonds. The fourth-order valence-corrected chi connectivity index (χ4v) is 3.04. The number of aryl methyl sites for hydroxylation is 1. The maximum atomic E-state index is 13.1. The summed E-state index contributed by atoms with van der Waals surface area (Å²) < 4.78 is 14.8. The highest BCUT2D eigenvalue weighted by atomic mass is 35.5. The summed E-state index contributed by atoms with van der Waals surface area (Å²) in [6, 6.07) is 4.47. The molecule has 1 saturated heterocycles. The standard InChI is InChI=1S/C18H20ClFN4O/c1-22-12-14(11-21-22)2-5-18(25)24-8-6-23(7-9-24)13-15-3-4-16(20)10-17(15)19/h2-5,10-12H,6-9,13H2,1H3/b5-2+. The predicted molar refractivity (Wildman–Crippen MR) is 95.5 cm³/mol. The second-order valence-corrected chi connectivity index (χ2v) is 6.53. The molecule has 0 radical (unpaired) electrons. The fourth-order valence-electron chi connectivity index (χ4n) is 2.82. The summed E-state index contributed by atoms with van der Waals surface area (Å²) in [6.45, 7) is 3.51. The molecule has 0 aliphatic carbocycles. The second kappa shape index (κ2) is 7.80. The van der Waals surface area contributed by atoms with Gasteiger partial charge in [0, 0.05) is 62.6 Å². The molecule has 1 aliphatic rings. The van der Waals surface area contributed by atoms with Crippen LogP contribution in [0.3, 0.4) is 0 Å². The van der Waals surface area contributed by atoms with E-state index in [9.17, 15) is 9.18 Å². The van der Waals surface area contributed by atoms with Crippen LogP contribution >= 0.6 is 11.6 Å². The summed E-state index contributed by atoms with van der Waals surface area (Å²) in [7, 11) is 1.84. The first-order chi connectivity index (χ1) is 12.0. The van der Waals surface area contributed by atoms with Crippen molar-refractivity contribution in [1.29, 1.82) is 0 Å². The number of piperazine rings is 1. The van der Waals surface area contributed by atoms with Crippen LogP contribution in [0.25, 0.3) is 6.08 Å². The summed E-state index contributed by atoms with van der Waals surface area (Å²) in [6.07, 6.45) is 6.94. The molecule has 0 atom stereocenters. The molecule has 0 unspecified atom stereocenters. The van der Waals surface area contributed by atoms with Gasteiger partial charge in [0.15, 0.2) is 0 Å². The Labute approximate surface area is 151 Å². The van der Waals surface area contributed by atoms with Crippen molar-refractivity contribution in [3.63, 3.8) is 0 Å². The molecule has 1 aromatic carbocycles. The van der Waals surface area contributed by atoms with Crippen molar-refractivity contribution in [3.05, 3.63) is 58.6 Å². The Bertz CT molecular complexity index is 781. The van der Waals surface area contributed by atoms with Gasteiger partial charge in [0.1, 0.15) is 5.82 Å². The first kappa shape index (κ1) is 17.6. The number of halogens is 2. The molecule has 2 aromatic rings. The number of carbonyl (C=O) groups is 1. The van der Waals surface area contributed by atoms with E-state index >= 15 is 0 Å². The van der Waals surface area contributed by atoms with Gasteiger partial charge < -0.3 is 4.90 Å². The lowest BCUT2D eigenvalue weighted by Crippen LogP contribution is -2.47. The van der Waals surface area contributed by atoms with Crippen LogP contribution in [0.2, 0.25) is 5.02 Å². The molecule has 0 N–H and O–H groups in total. The second-order valence-electron chi connectivity index (χ2n) is 6.12. The molecule has 5 nitrogen and oxygen atoms in total. The van der Waals surface area contributed by atoms with Gasteiger partial charge in [0.2, 0.25) is 5.91 Å². The number of nitrogens with zero attached hydrogens (tertiary/aromatic N) is 4. The zero-order chi connectivity index (χ0) is 17.8. The van der Waals surface area contributed by atoms with Gasteiger partial charge in [-0.25, -0.2) is 4.39 Å². The van der Waals surface area contributed by atoms with E-state index in [1.54, 1.807) is 29.1 Å². The van der Waals surface area contributed by atoms with Crippen LogP contribution in [0.15, 0.2) is 36.7 Å². The molecule has 1 aromatic heterocycles. The van der Waals surface area contributed by atoms with Gasteiger partial charge in [-0.1, -0.05) is 17.7 Å². The predicted octanol–water partition coefficient (Wildman–Crippen LogP) is 2.57. The van der Waals surface area contributed by atoms with Crippen LogP contribution < -0.4 is 0 Å². The van der Waals surface area contributed by atoms with Gasteiger partial charge in [-0.3, -0.25) is 14.4 Å². The Morgan fingerprint density at radius 1 is 1.32 bits per heavy atom. The van der Waals surface area contributed by atoms with E-state index in [1.165, 1.54) is 12.1 Å². The minimum absolute atomic E-state index is 0.00307. The van der Waals surface area contributed by atoms with Crippen molar-refractivity contribution in [2.75, 3.05) is 26.2 Å². The lowest BCUT2D eigenvalue weighted by molar-refractivity contribution is -0.127. The van der Waals surface area contributed by atoms with Crippen molar-refractivity contribution in [1.82, 2.24) is 19.6 Å². The largest absolute Gasteiger partial charge is 0.337 e. The van der Waals surface area contributed by atoms with E-state index in [2.05, 4.69) is 10.00 Å². The minimum atomic E-state index is -0.329. The van der Waals surface area contributed by atoms with Crippen LogP contribution in [0.4, 0.5) is 4.39 Å². The number of hydrogen-bond acceptors (Lipinski definition) is 3. The number of benzene rings is 1. The van der Waals surface area contributed by atoms with Crippen LogP contribution in [0, 0.1) is 5.82 Å². The van der Waals surface area contributed by atoms with Gasteiger partial charge in [-0.2, -0.15) is 5.10 Å². The molecule has 7 heteroatoms. The third kappa shape index (κ3) is 4.67. The van der Waals surface area contributed by atoms with Gasteiger partial charge in [0.25, 0.3) is 0 Å². The van der Waals surface area contributed by atoms with Gasteiger partial charge in [0.05, 0.1) is 6.20 Å². The monoisotopic (exact) mass is 362 g/mol. The Hall–Kier alpha value is -2.18. The zero-order valence-electron chi connectivity index (χ0n) is 14.0. The highest BCUT2D eigenvalue weighted by Crippen LogP contribution is 2.19. The van der Waals surface area contributed by atoms with Crippen molar-refractivity contribution in [2.24, 2.45) is 7.05 Å². The average Bonchev–Trinajstić information content (AvgIpc) is 3.01. The van der Waals surface area contributed by atoms with E-state index in [1.807, 2.05) is 18.1 Å². The molecule has 1 aliphatic heterocycles. The quantitative estimate of drug-likeness (QED) is 0.785. The molecular formula is C18H20ClFN4O. The average molecular weight is 363 g/mol. The topological polar surface area (TPSA) is 41.4 Å². The van der Waals surface area contributed by atoms with Crippen molar-refractivity contribution >= 4 is 23.6 Å². The van der Waals surface area contributed by atoms with Crippen molar-refractivity contribution in [2.45, 2.75) is 6.54 Å². The van der Waals surface area contributed by atoms with Gasteiger partial charge in [-0.05, 0) is 23.8 Å². The zero-order valence-corrected chi connectivity index (χ0v) is 14.8. The maximum Gasteiger partial charge on any atom is 0.246 e. The van der Waals surface area contributed by atoms with E-state index < -0.39 is 0 Å². The summed E-state index contributed by atoms with van der Waals surface area (Å²) in [5, 5.41) is 4.51. The third-order valence-corrected chi connectivity index (χ3v) is 4.59. The fraction of sp³-hybridized carbons (Fsp3) is 0.333. The van der Waals surface area contributed by atoms with Crippen molar-refractivity contribution < 1.29 is 9.18 Å². The number of carbonyl (C=O) groups excluding carboxylic acids is 1. The SMILES string of the molecule is Cn1cc(/C=C/C(=O)N2CCN(Cc3ccc(F)cc3Cl)CC2)cn1. The Morgan fingerprint density at radius 2 is 2.08 bits per heavy atom. The smallest absolute Gasteiger partial charge is 0.246 e. The van der Waals surface area contributed by atoms with Crippen LogP contribution in [-0.4, -0.2) is 51.7 Å². The van der Waals surface area contributed by atoms with E-state index in [4.69, 9.17) is 11.6 Å². The molecule has 1 fully saturated rings. The Morgan fingerprint density at radius 3 is 2.72 bits per heavy atom. The molecule has 2 heterocycles. The minimum Gasteiger partial charge on any atom is -0.337 e. The lowest BCUT2D eigenvalue weighted by atomic mass is 10.2. The summed E-state index contributed by atoms with van der Waals surface area (Å²) >= 11 is 6.08.